The minimum absolute atomic E-state index is 0.191. The fourth-order valence-electron chi connectivity index (χ4n) is 4.90. The Balaban J connectivity index is 2.04. The number of benzene rings is 2. The second-order valence-electron chi connectivity index (χ2n) is 10.3. The van der Waals surface area contributed by atoms with E-state index in [-0.39, 0.29) is 23.7 Å². The molecule has 184 valence electrons. The van der Waals surface area contributed by atoms with Gasteiger partial charge in [-0.2, -0.15) is 0 Å². The number of hydrogen-bond acceptors (Lipinski definition) is 5. The van der Waals surface area contributed by atoms with E-state index >= 15 is 0 Å². The minimum atomic E-state index is -2.80. The molecule has 0 bridgehead atoms. The molecule has 0 saturated carbocycles. The largest absolute Gasteiger partial charge is 0.457 e. The number of esters is 1. The average molecular weight is 483 g/mol. The number of hydrogen-bond donors (Lipinski definition) is 0. The van der Waals surface area contributed by atoms with Crippen molar-refractivity contribution in [2.45, 2.75) is 77.1 Å². The highest BCUT2D eigenvalue weighted by atomic mass is 28.4. The van der Waals surface area contributed by atoms with Crippen LogP contribution in [0.3, 0.4) is 0 Å². The van der Waals surface area contributed by atoms with Gasteiger partial charge in [0.25, 0.3) is 8.32 Å². The summed E-state index contributed by atoms with van der Waals surface area (Å²) in [4.78, 5) is 12.1. The van der Waals surface area contributed by atoms with Crippen molar-refractivity contribution in [1.82, 2.24) is 0 Å². The molecule has 0 N–H and O–H groups in total. The molecule has 0 aromatic heterocycles. The Morgan fingerprint density at radius 1 is 1.06 bits per heavy atom. The van der Waals surface area contributed by atoms with Crippen LogP contribution in [0.25, 0.3) is 0 Å². The van der Waals surface area contributed by atoms with Gasteiger partial charge in [0.05, 0.1) is 12.7 Å². The van der Waals surface area contributed by atoms with Crippen LogP contribution in [0.2, 0.25) is 5.04 Å². The number of rotatable bonds is 9. The molecule has 1 aliphatic rings. The van der Waals surface area contributed by atoms with E-state index in [0.29, 0.717) is 6.42 Å². The second kappa shape index (κ2) is 10.6. The first kappa shape index (κ1) is 26.4. The van der Waals surface area contributed by atoms with Crippen molar-refractivity contribution in [3.63, 3.8) is 0 Å². The average Bonchev–Trinajstić information content (AvgIpc) is 3.08. The molecule has 5 nitrogen and oxygen atoms in total. The predicted octanol–water partition coefficient (Wildman–Crippen LogP) is 4.59. The van der Waals surface area contributed by atoms with Gasteiger partial charge in [0.2, 0.25) is 0 Å². The van der Waals surface area contributed by atoms with Crippen LogP contribution in [-0.4, -0.2) is 45.0 Å². The Hall–Kier alpha value is -2.25. The molecule has 0 aliphatic carbocycles. The SMILES string of the molecule is C=CC[C@@H]1OC(C)(C)OC1[C@@H](CO[Si](c1ccccc1)(c1ccccc1)C(C)(C)C)OC(C)=O. The Bertz CT molecular complexity index is 912. The quantitative estimate of drug-likeness (QED) is 0.297. The summed E-state index contributed by atoms with van der Waals surface area (Å²) in [6.45, 7) is 15.9. The van der Waals surface area contributed by atoms with Crippen LogP contribution in [0, 0.1) is 0 Å². The first-order valence-electron chi connectivity index (χ1n) is 11.9. The van der Waals surface area contributed by atoms with Gasteiger partial charge in [-0.05, 0) is 35.7 Å². The standard InChI is InChI=1S/C28H38O5Si/c1-8-15-24-26(33-28(6,7)32-24)25(31-21(2)29)20-30-34(27(3,4)5,22-16-11-9-12-17-22)23-18-13-10-14-19-23/h8-14,16-19,24-26H,1,15,20H2,2-7H3/t24-,25+,26?/m0/s1. The van der Waals surface area contributed by atoms with E-state index in [9.17, 15) is 4.79 Å². The molecular formula is C28H38O5Si. The second-order valence-corrected chi connectivity index (χ2v) is 14.6. The van der Waals surface area contributed by atoms with Crippen LogP contribution in [0.15, 0.2) is 73.3 Å². The monoisotopic (exact) mass is 482 g/mol. The lowest BCUT2D eigenvalue weighted by atomic mass is 10.1. The van der Waals surface area contributed by atoms with Crippen LogP contribution in [-0.2, 0) is 23.4 Å². The van der Waals surface area contributed by atoms with Gasteiger partial charge >= 0.3 is 5.97 Å². The summed E-state index contributed by atoms with van der Waals surface area (Å²) in [7, 11) is -2.80. The maximum absolute atomic E-state index is 12.1. The smallest absolute Gasteiger partial charge is 0.303 e. The van der Waals surface area contributed by atoms with Gasteiger partial charge in [0.1, 0.15) is 6.10 Å². The third kappa shape index (κ3) is 5.69. The summed E-state index contributed by atoms with van der Waals surface area (Å²) in [5.41, 5.74) is 0. The molecular weight excluding hydrogens is 444 g/mol. The Morgan fingerprint density at radius 3 is 2.03 bits per heavy atom. The highest BCUT2D eigenvalue weighted by Crippen LogP contribution is 2.38. The molecule has 1 unspecified atom stereocenters. The maximum atomic E-state index is 12.1. The minimum Gasteiger partial charge on any atom is -0.457 e. The van der Waals surface area contributed by atoms with Crippen LogP contribution in [0.4, 0.5) is 0 Å². The van der Waals surface area contributed by atoms with E-state index in [1.807, 2.05) is 26.0 Å². The van der Waals surface area contributed by atoms with E-state index in [2.05, 4.69) is 75.9 Å². The van der Waals surface area contributed by atoms with E-state index in [1.54, 1.807) is 6.08 Å². The van der Waals surface area contributed by atoms with Gasteiger partial charge in [0.15, 0.2) is 11.9 Å². The highest BCUT2D eigenvalue weighted by Gasteiger charge is 2.52. The van der Waals surface area contributed by atoms with Crippen LogP contribution >= 0.6 is 0 Å². The predicted molar refractivity (Wildman–Crippen MR) is 138 cm³/mol. The Labute approximate surface area is 205 Å². The van der Waals surface area contributed by atoms with Gasteiger partial charge in [0, 0.05) is 6.92 Å². The summed E-state index contributed by atoms with van der Waals surface area (Å²) in [6, 6.07) is 20.8. The van der Waals surface area contributed by atoms with E-state index in [4.69, 9.17) is 18.6 Å². The lowest BCUT2D eigenvalue weighted by molar-refractivity contribution is -0.172. The van der Waals surface area contributed by atoms with Crippen molar-refractivity contribution in [1.29, 1.82) is 0 Å². The molecule has 6 heteroatoms. The van der Waals surface area contributed by atoms with Crippen molar-refractivity contribution in [2.75, 3.05) is 6.61 Å². The lowest BCUT2D eigenvalue weighted by Gasteiger charge is -2.44. The van der Waals surface area contributed by atoms with Crippen molar-refractivity contribution in [3.05, 3.63) is 73.3 Å². The zero-order valence-corrected chi connectivity index (χ0v) is 22.2. The molecule has 1 aliphatic heterocycles. The molecule has 2 aromatic rings. The van der Waals surface area contributed by atoms with Crippen LogP contribution < -0.4 is 10.4 Å². The molecule has 2 aromatic carbocycles. The zero-order valence-electron chi connectivity index (χ0n) is 21.2. The van der Waals surface area contributed by atoms with Crippen molar-refractivity contribution >= 4 is 24.7 Å². The molecule has 34 heavy (non-hydrogen) atoms. The number of ether oxygens (including phenoxy) is 3. The lowest BCUT2D eigenvalue weighted by Crippen LogP contribution is -2.67. The van der Waals surface area contributed by atoms with Gasteiger partial charge in [-0.3, -0.25) is 4.79 Å². The third-order valence-electron chi connectivity index (χ3n) is 6.19. The van der Waals surface area contributed by atoms with Gasteiger partial charge in [-0.1, -0.05) is 87.5 Å². The Morgan fingerprint density at radius 2 is 1.59 bits per heavy atom. The van der Waals surface area contributed by atoms with Gasteiger partial charge in [-0.15, -0.1) is 6.58 Å². The fourth-order valence-corrected chi connectivity index (χ4v) is 9.47. The van der Waals surface area contributed by atoms with Crippen molar-refractivity contribution in [3.8, 4) is 0 Å². The molecule has 1 saturated heterocycles. The number of carbonyl (C=O) groups is 1. The third-order valence-corrected chi connectivity index (χ3v) is 11.2. The maximum Gasteiger partial charge on any atom is 0.303 e. The molecule has 3 rings (SSSR count). The molecule has 3 atom stereocenters. The Kier molecular flexibility index (Phi) is 8.19. The van der Waals surface area contributed by atoms with Crippen molar-refractivity contribution in [2.24, 2.45) is 0 Å². The molecule has 1 heterocycles. The van der Waals surface area contributed by atoms with E-state index in [0.717, 1.165) is 0 Å². The first-order valence-corrected chi connectivity index (χ1v) is 13.8. The van der Waals surface area contributed by atoms with Crippen LogP contribution in [0.1, 0.15) is 48.0 Å². The summed E-state index contributed by atoms with van der Waals surface area (Å²) >= 11 is 0. The molecule has 0 spiro atoms. The van der Waals surface area contributed by atoms with Gasteiger partial charge in [-0.25, -0.2) is 0 Å². The van der Waals surface area contributed by atoms with E-state index in [1.165, 1.54) is 17.3 Å². The molecule has 1 fully saturated rings. The van der Waals surface area contributed by atoms with Gasteiger partial charge < -0.3 is 18.6 Å². The van der Waals surface area contributed by atoms with E-state index < -0.39 is 26.3 Å². The summed E-state index contributed by atoms with van der Waals surface area (Å²) < 4.78 is 25.2. The fraction of sp³-hybridized carbons (Fsp3) is 0.464. The summed E-state index contributed by atoms with van der Waals surface area (Å²) in [5.74, 6) is -1.16. The normalized spacial score (nSPS) is 21.1. The highest BCUT2D eigenvalue weighted by molar-refractivity contribution is 6.99. The summed E-state index contributed by atoms with van der Waals surface area (Å²) in [6.07, 6.45) is 1.03. The van der Waals surface area contributed by atoms with Crippen molar-refractivity contribution < 1.29 is 23.4 Å². The number of carbonyl (C=O) groups excluding carboxylic acids is 1. The topological polar surface area (TPSA) is 54.0 Å². The zero-order chi connectivity index (χ0) is 25.0. The molecule has 0 radical (unpaired) electrons. The summed E-state index contributed by atoms with van der Waals surface area (Å²) in [5, 5.41) is 2.15. The van der Waals surface area contributed by atoms with Crippen LogP contribution in [0.5, 0.6) is 0 Å². The molecule has 0 amide bonds. The first-order chi connectivity index (χ1) is 16.0.